The van der Waals surface area contributed by atoms with Gasteiger partial charge >= 0.3 is 0 Å². The minimum atomic E-state index is -0.421. The molecule has 3 rings (SSSR count). The van der Waals surface area contributed by atoms with Gasteiger partial charge in [-0.25, -0.2) is 0 Å². The van der Waals surface area contributed by atoms with Crippen molar-refractivity contribution >= 4 is 69.6 Å². The molecule has 34 heavy (non-hydrogen) atoms. The molecular weight excluding hydrogens is 518 g/mol. The molecule has 0 radical (unpaired) electrons. The van der Waals surface area contributed by atoms with Gasteiger partial charge in [0, 0.05) is 10.7 Å². The summed E-state index contributed by atoms with van der Waals surface area (Å²) in [6.07, 6.45) is 1.68. The van der Waals surface area contributed by atoms with Crippen LogP contribution in [-0.4, -0.2) is 19.1 Å². The molecule has 0 saturated heterocycles. The molecule has 0 aliphatic rings. The molecule has 0 saturated carbocycles. The normalized spacial score (nSPS) is 11.0. The molecule has 3 aromatic rings. The van der Waals surface area contributed by atoms with Crippen LogP contribution in [-0.2, 0) is 4.79 Å². The Morgan fingerprint density at radius 3 is 2.35 bits per heavy atom. The fraction of sp³-hybridized carbons (Fsp3) is 0.120. The molecule has 0 heterocycles. The Balaban J connectivity index is 1.80. The Morgan fingerprint density at radius 2 is 1.71 bits per heavy atom. The number of hydrogen-bond donors (Lipinski definition) is 1. The minimum Gasteiger partial charge on any atom is -0.490 e. The van der Waals surface area contributed by atoms with Crippen LogP contribution in [0, 0.1) is 11.3 Å². The van der Waals surface area contributed by atoms with E-state index in [1.165, 1.54) is 6.07 Å². The van der Waals surface area contributed by atoms with Gasteiger partial charge in [0.2, 0.25) is 0 Å². The lowest BCUT2D eigenvalue weighted by Gasteiger charge is -2.15. The van der Waals surface area contributed by atoms with Crippen molar-refractivity contribution in [2.24, 2.45) is 0 Å². The molecule has 0 atom stereocenters. The van der Waals surface area contributed by atoms with E-state index in [1.807, 2.05) is 6.92 Å². The second-order valence-corrected chi connectivity index (χ2v) is 8.56. The number of anilines is 1. The number of carbonyl (C=O) groups excluding carboxylic acids is 1. The van der Waals surface area contributed by atoms with Gasteiger partial charge in [0.25, 0.3) is 5.91 Å². The molecule has 0 bridgehead atoms. The maximum Gasteiger partial charge on any atom is 0.262 e. The predicted molar refractivity (Wildman–Crippen MR) is 138 cm³/mol. The molecule has 0 aliphatic carbocycles. The van der Waals surface area contributed by atoms with E-state index in [-0.39, 0.29) is 17.4 Å². The Hall–Kier alpha value is -2.88. The number of benzene rings is 3. The smallest absolute Gasteiger partial charge is 0.262 e. The third-order valence-electron chi connectivity index (χ3n) is 4.47. The highest BCUT2D eigenvalue weighted by Crippen LogP contribution is 2.38. The van der Waals surface area contributed by atoms with E-state index in [0.717, 1.165) is 0 Å². The number of carbonyl (C=O) groups is 1. The third-order valence-corrected chi connectivity index (χ3v) is 5.74. The predicted octanol–water partition coefficient (Wildman–Crippen LogP) is 7.78. The second-order valence-electron chi connectivity index (χ2n) is 6.91. The standard InChI is InChI=1S/C25H18Cl4N2O3/c1-2-33-23-11-15(9-17(13-30)16-3-5-18(26)6-4-16)10-22(29)25(23)34-14-24(32)31-19-7-8-20(27)21(28)12-19/h3-12H,2,14H2,1H3,(H,31,32)/b17-9+. The van der Waals surface area contributed by atoms with Crippen molar-refractivity contribution < 1.29 is 14.3 Å². The van der Waals surface area contributed by atoms with Gasteiger partial charge in [-0.05, 0) is 66.6 Å². The maximum atomic E-state index is 12.3. The van der Waals surface area contributed by atoms with Crippen LogP contribution in [0.2, 0.25) is 20.1 Å². The monoisotopic (exact) mass is 534 g/mol. The number of nitrogens with zero attached hydrogens (tertiary/aromatic N) is 1. The number of nitriles is 1. The van der Waals surface area contributed by atoms with Crippen LogP contribution >= 0.6 is 46.4 Å². The van der Waals surface area contributed by atoms with Crippen LogP contribution in [0.3, 0.4) is 0 Å². The summed E-state index contributed by atoms with van der Waals surface area (Å²) in [4.78, 5) is 12.3. The van der Waals surface area contributed by atoms with Crippen molar-refractivity contribution in [2.45, 2.75) is 6.92 Å². The fourth-order valence-corrected chi connectivity index (χ4v) is 3.66. The molecule has 5 nitrogen and oxygen atoms in total. The lowest BCUT2D eigenvalue weighted by molar-refractivity contribution is -0.118. The van der Waals surface area contributed by atoms with Gasteiger partial charge in [-0.3, -0.25) is 4.79 Å². The van der Waals surface area contributed by atoms with Gasteiger partial charge in [-0.15, -0.1) is 0 Å². The van der Waals surface area contributed by atoms with Crippen LogP contribution < -0.4 is 14.8 Å². The van der Waals surface area contributed by atoms with Crippen molar-refractivity contribution in [3.05, 3.63) is 85.8 Å². The van der Waals surface area contributed by atoms with E-state index in [0.29, 0.717) is 49.8 Å². The van der Waals surface area contributed by atoms with Gasteiger partial charge in [-0.1, -0.05) is 58.5 Å². The van der Waals surface area contributed by atoms with Gasteiger partial charge in [0.1, 0.15) is 0 Å². The SMILES string of the molecule is CCOc1cc(/C=C(\C#N)c2ccc(Cl)cc2)cc(Cl)c1OCC(=O)Nc1ccc(Cl)c(Cl)c1. The average Bonchev–Trinajstić information content (AvgIpc) is 2.80. The average molecular weight is 536 g/mol. The summed E-state index contributed by atoms with van der Waals surface area (Å²) in [5, 5.41) is 13.8. The molecule has 174 valence electrons. The Bertz CT molecular complexity index is 1270. The van der Waals surface area contributed by atoms with E-state index < -0.39 is 5.91 Å². The van der Waals surface area contributed by atoms with E-state index in [9.17, 15) is 10.1 Å². The van der Waals surface area contributed by atoms with Gasteiger partial charge in [0.15, 0.2) is 18.1 Å². The summed E-state index contributed by atoms with van der Waals surface area (Å²) in [6.45, 7) is 1.84. The first-order valence-electron chi connectivity index (χ1n) is 10.0. The van der Waals surface area contributed by atoms with Crippen molar-refractivity contribution in [2.75, 3.05) is 18.5 Å². The molecule has 0 aromatic heterocycles. The number of halogens is 4. The zero-order chi connectivity index (χ0) is 24.7. The van der Waals surface area contributed by atoms with E-state index in [2.05, 4.69) is 11.4 Å². The molecule has 1 amide bonds. The quantitative estimate of drug-likeness (QED) is 0.236. The number of nitrogens with one attached hydrogen (secondary N) is 1. The van der Waals surface area contributed by atoms with Crippen molar-refractivity contribution in [1.29, 1.82) is 5.26 Å². The maximum absolute atomic E-state index is 12.3. The molecule has 9 heteroatoms. The summed E-state index contributed by atoms with van der Waals surface area (Å²) in [6, 6.07) is 17.2. The highest BCUT2D eigenvalue weighted by atomic mass is 35.5. The number of allylic oxidation sites excluding steroid dienone is 1. The third kappa shape index (κ3) is 6.82. The van der Waals surface area contributed by atoms with E-state index >= 15 is 0 Å². The molecule has 0 aliphatic heterocycles. The van der Waals surface area contributed by atoms with Gasteiger partial charge in [-0.2, -0.15) is 5.26 Å². The van der Waals surface area contributed by atoms with E-state index in [4.69, 9.17) is 55.9 Å². The minimum absolute atomic E-state index is 0.218. The van der Waals surface area contributed by atoms with E-state index in [1.54, 1.807) is 54.6 Å². The Morgan fingerprint density at radius 1 is 0.971 bits per heavy atom. The first-order chi connectivity index (χ1) is 16.3. The largest absolute Gasteiger partial charge is 0.490 e. The molecule has 3 aromatic carbocycles. The molecule has 0 unspecified atom stereocenters. The summed E-state index contributed by atoms with van der Waals surface area (Å²) in [7, 11) is 0. The summed E-state index contributed by atoms with van der Waals surface area (Å²) in [5.41, 5.74) is 2.24. The number of hydrogen-bond acceptors (Lipinski definition) is 4. The zero-order valence-corrected chi connectivity index (χ0v) is 20.9. The topological polar surface area (TPSA) is 71.3 Å². The second kappa shape index (κ2) is 12.0. The lowest BCUT2D eigenvalue weighted by atomic mass is 10.0. The van der Waals surface area contributed by atoms with Crippen LogP contribution in [0.4, 0.5) is 5.69 Å². The van der Waals surface area contributed by atoms with Crippen LogP contribution in [0.5, 0.6) is 11.5 Å². The molecule has 0 spiro atoms. The zero-order valence-electron chi connectivity index (χ0n) is 17.9. The summed E-state index contributed by atoms with van der Waals surface area (Å²) in [5.74, 6) is 0.141. The Labute approximate surface area is 217 Å². The van der Waals surface area contributed by atoms with Crippen LogP contribution in [0.25, 0.3) is 11.6 Å². The number of rotatable bonds is 8. The molecule has 1 N–H and O–H groups in total. The Kier molecular flexibility index (Phi) is 9.09. The summed E-state index contributed by atoms with van der Waals surface area (Å²) >= 11 is 24.2. The van der Waals surface area contributed by atoms with Gasteiger partial charge in [0.05, 0.1) is 33.3 Å². The van der Waals surface area contributed by atoms with Gasteiger partial charge < -0.3 is 14.8 Å². The summed E-state index contributed by atoms with van der Waals surface area (Å²) < 4.78 is 11.3. The van der Waals surface area contributed by atoms with Crippen molar-refractivity contribution in [3.8, 4) is 17.6 Å². The molecular formula is C25H18Cl4N2O3. The molecule has 0 fully saturated rings. The first kappa shape index (κ1) is 25.7. The number of ether oxygens (including phenoxy) is 2. The highest BCUT2D eigenvalue weighted by Gasteiger charge is 2.15. The highest BCUT2D eigenvalue weighted by molar-refractivity contribution is 6.42. The first-order valence-corrected chi connectivity index (χ1v) is 11.5. The number of amides is 1. The fourth-order valence-electron chi connectivity index (χ4n) is 2.96. The lowest BCUT2D eigenvalue weighted by Crippen LogP contribution is -2.20. The van der Waals surface area contributed by atoms with Crippen molar-refractivity contribution in [3.63, 3.8) is 0 Å². The van der Waals surface area contributed by atoms with Crippen LogP contribution in [0.15, 0.2) is 54.6 Å². The van der Waals surface area contributed by atoms with Crippen molar-refractivity contribution in [1.82, 2.24) is 0 Å². The van der Waals surface area contributed by atoms with Crippen LogP contribution in [0.1, 0.15) is 18.1 Å².